The number of hydrogen-bond acceptors (Lipinski definition) is 3. The van der Waals surface area contributed by atoms with E-state index in [0.29, 0.717) is 10.9 Å². The van der Waals surface area contributed by atoms with Crippen molar-refractivity contribution < 1.29 is 5.11 Å². The fourth-order valence-electron chi connectivity index (χ4n) is 3.29. The van der Waals surface area contributed by atoms with E-state index in [-0.39, 0.29) is 21.8 Å². The van der Waals surface area contributed by atoms with Gasteiger partial charge in [-0.2, -0.15) is 0 Å². The summed E-state index contributed by atoms with van der Waals surface area (Å²) in [6.07, 6.45) is 2.16. The zero-order valence-electron chi connectivity index (χ0n) is 17.0. The molecule has 2 aromatic carbocycles. The number of nitrogens with one attached hydrogen (secondary N) is 2. The molecule has 0 fully saturated rings. The molecule has 0 atom stereocenters. The number of hydrogen-bond donors (Lipinski definition) is 3. The fraction of sp³-hybridized carbons (Fsp3) is 0.261. The van der Waals surface area contributed by atoms with Crippen molar-refractivity contribution in [3.63, 3.8) is 0 Å². The van der Waals surface area contributed by atoms with E-state index in [1.165, 1.54) is 6.21 Å². The summed E-state index contributed by atoms with van der Waals surface area (Å²) in [6, 6.07) is 13.2. The number of rotatable bonds is 3. The predicted octanol–water partition coefficient (Wildman–Crippen LogP) is 4.91. The number of aryl methyl sites for hydroxylation is 1. The van der Waals surface area contributed by atoms with E-state index in [1.807, 2.05) is 6.07 Å². The quantitative estimate of drug-likeness (QED) is 0.426. The molecule has 3 N–H and O–H groups in total. The van der Waals surface area contributed by atoms with Gasteiger partial charge in [0.2, 0.25) is 0 Å². The van der Waals surface area contributed by atoms with Crippen molar-refractivity contribution >= 4 is 40.1 Å². The highest BCUT2D eigenvalue weighted by Crippen LogP contribution is 2.32. The van der Waals surface area contributed by atoms with Gasteiger partial charge in [-0.1, -0.05) is 58.0 Å². The number of pyridine rings is 1. The number of aromatic nitrogens is 1. The Morgan fingerprint density at radius 2 is 1.93 bits per heavy atom. The number of anilines is 1. The molecule has 0 unspecified atom stereocenters. The average molecular weight is 408 g/mol. The summed E-state index contributed by atoms with van der Waals surface area (Å²) in [6.45, 7) is 8.52. The number of aliphatic imine (C=N–C) groups is 1. The highest BCUT2D eigenvalue weighted by Gasteiger charge is 2.20. The molecule has 1 heterocycles. The maximum Gasteiger partial charge on any atom is 0.261 e. The minimum atomic E-state index is -0.419. The Labute approximate surface area is 175 Å². The highest BCUT2D eigenvalue weighted by molar-refractivity contribution is 7.80. The molecule has 5 nitrogen and oxygen atoms in total. The Kier molecular flexibility index (Phi) is 5.84. The van der Waals surface area contributed by atoms with Gasteiger partial charge in [0.1, 0.15) is 11.3 Å². The first kappa shape index (κ1) is 20.7. The first-order chi connectivity index (χ1) is 13.7. The van der Waals surface area contributed by atoms with Gasteiger partial charge in [-0.25, -0.2) is 4.99 Å². The van der Waals surface area contributed by atoms with Gasteiger partial charge in [0.15, 0.2) is 5.11 Å². The van der Waals surface area contributed by atoms with Crippen LogP contribution in [0.25, 0.3) is 10.9 Å². The molecule has 0 spiro atoms. The van der Waals surface area contributed by atoms with E-state index < -0.39 is 5.56 Å². The van der Waals surface area contributed by atoms with E-state index in [1.54, 1.807) is 24.3 Å². The van der Waals surface area contributed by atoms with Gasteiger partial charge in [-0.05, 0) is 47.3 Å². The van der Waals surface area contributed by atoms with Crippen LogP contribution >= 0.6 is 12.2 Å². The van der Waals surface area contributed by atoms with Crippen molar-refractivity contribution in [3.8, 4) is 5.75 Å². The number of benzene rings is 2. The molecule has 150 valence electrons. The lowest BCUT2D eigenvalue weighted by Gasteiger charge is -2.25. The van der Waals surface area contributed by atoms with Gasteiger partial charge in [-0.15, -0.1) is 0 Å². The van der Waals surface area contributed by atoms with Crippen molar-refractivity contribution in [3.05, 3.63) is 69.5 Å². The van der Waals surface area contributed by atoms with E-state index in [4.69, 9.17) is 12.2 Å². The Morgan fingerprint density at radius 1 is 1.21 bits per heavy atom. The Morgan fingerprint density at radius 3 is 2.62 bits per heavy atom. The van der Waals surface area contributed by atoms with Crippen LogP contribution in [0, 0.1) is 0 Å². The normalized spacial score (nSPS) is 11.9. The largest absolute Gasteiger partial charge is 0.506 e. The molecule has 0 aliphatic rings. The van der Waals surface area contributed by atoms with Crippen LogP contribution in [-0.2, 0) is 11.8 Å². The second-order valence-corrected chi connectivity index (χ2v) is 8.28. The summed E-state index contributed by atoms with van der Waals surface area (Å²) in [5, 5.41) is 14.5. The van der Waals surface area contributed by atoms with Crippen molar-refractivity contribution in [2.45, 2.75) is 39.5 Å². The number of fused-ring (bicyclic) bond motifs is 1. The summed E-state index contributed by atoms with van der Waals surface area (Å²) in [4.78, 5) is 19.3. The summed E-state index contributed by atoms with van der Waals surface area (Å²) in [5.41, 5.74) is 3.38. The van der Waals surface area contributed by atoms with E-state index in [2.05, 4.69) is 55.1 Å². The fourth-order valence-corrected chi connectivity index (χ4v) is 3.45. The first-order valence-electron chi connectivity index (χ1n) is 9.53. The number of aromatic hydroxyl groups is 1. The van der Waals surface area contributed by atoms with E-state index in [9.17, 15) is 9.90 Å². The molecule has 0 radical (unpaired) electrons. The minimum absolute atomic E-state index is 0.0688. The number of aromatic amines is 1. The van der Waals surface area contributed by atoms with E-state index >= 15 is 0 Å². The number of nitrogens with zero attached hydrogens (tertiary/aromatic N) is 1. The molecule has 0 aliphatic carbocycles. The van der Waals surface area contributed by atoms with Gasteiger partial charge in [0.25, 0.3) is 5.56 Å². The maximum absolute atomic E-state index is 12.3. The van der Waals surface area contributed by atoms with Crippen LogP contribution in [0.4, 0.5) is 5.69 Å². The van der Waals surface area contributed by atoms with Crippen molar-refractivity contribution in [1.82, 2.24) is 4.98 Å². The number of thiocarbonyl (C=S) groups is 1. The Bertz CT molecular complexity index is 1160. The van der Waals surface area contributed by atoms with Crippen LogP contribution in [0.15, 0.2) is 52.3 Å². The summed E-state index contributed by atoms with van der Waals surface area (Å²) in [5.74, 6) is -0.111. The smallest absolute Gasteiger partial charge is 0.261 e. The Hall–Kier alpha value is -2.99. The lowest BCUT2D eigenvalue weighted by atomic mass is 9.84. The third-order valence-corrected chi connectivity index (χ3v) is 5.02. The molecule has 1 aromatic heterocycles. The first-order valence-corrected chi connectivity index (χ1v) is 9.94. The summed E-state index contributed by atoms with van der Waals surface area (Å²) >= 11 is 5.40. The van der Waals surface area contributed by atoms with Gasteiger partial charge < -0.3 is 15.4 Å². The predicted molar refractivity (Wildman–Crippen MR) is 125 cm³/mol. The molecule has 0 saturated carbocycles. The average Bonchev–Trinajstić information content (AvgIpc) is 2.67. The molecule has 0 amide bonds. The standard InChI is InChI=1S/C23H25N3O2S/c1-5-14-9-8-11-17(23(2,3)4)19(14)26-22(29)24-13-16-20(27)15-10-6-7-12-18(15)25-21(16)28/h6-13H,5H2,1-4H3,(H,26,29)(H2,25,27,28). The molecule has 3 aromatic rings. The van der Waals surface area contributed by atoms with Crippen molar-refractivity contribution in [1.29, 1.82) is 0 Å². The van der Waals surface area contributed by atoms with Crippen LogP contribution in [0.2, 0.25) is 0 Å². The molecule has 3 rings (SSSR count). The van der Waals surface area contributed by atoms with Crippen LogP contribution in [0.5, 0.6) is 5.75 Å². The third kappa shape index (κ3) is 4.38. The summed E-state index contributed by atoms with van der Waals surface area (Å²) in [7, 11) is 0. The monoisotopic (exact) mass is 407 g/mol. The van der Waals surface area contributed by atoms with E-state index in [0.717, 1.165) is 23.2 Å². The van der Waals surface area contributed by atoms with Crippen LogP contribution < -0.4 is 10.9 Å². The lowest BCUT2D eigenvalue weighted by Crippen LogP contribution is -2.19. The number of H-pyrrole nitrogens is 1. The number of para-hydroxylation sites is 2. The van der Waals surface area contributed by atoms with Gasteiger partial charge >= 0.3 is 0 Å². The second-order valence-electron chi connectivity index (χ2n) is 7.89. The van der Waals surface area contributed by atoms with Crippen molar-refractivity contribution in [2.75, 3.05) is 5.32 Å². The van der Waals surface area contributed by atoms with Gasteiger partial charge in [0.05, 0.1) is 5.52 Å². The Balaban J connectivity index is 1.94. The molecule has 29 heavy (non-hydrogen) atoms. The van der Waals surface area contributed by atoms with Crippen LogP contribution in [0.1, 0.15) is 44.4 Å². The molecule has 0 bridgehead atoms. The zero-order valence-corrected chi connectivity index (χ0v) is 17.9. The lowest BCUT2D eigenvalue weighted by molar-refractivity contribution is 0.479. The molecular formula is C23H25N3O2S. The molecule has 0 saturated heterocycles. The van der Waals surface area contributed by atoms with Gasteiger partial charge in [0, 0.05) is 17.3 Å². The molecule has 0 aliphatic heterocycles. The second kappa shape index (κ2) is 8.17. The maximum atomic E-state index is 12.3. The zero-order chi connectivity index (χ0) is 21.2. The third-order valence-electron chi connectivity index (χ3n) is 4.81. The van der Waals surface area contributed by atoms with Crippen LogP contribution in [-0.4, -0.2) is 21.4 Å². The minimum Gasteiger partial charge on any atom is -0.506 e. The summed E-state index contributed by atoms with van der Waals surface area (Å²) < 4.78 is 0. The molecule has 6 heteroatoms. The topological polar surface area (TPSA) is 77.5 Å². The van der Waals surface area contributed by atoms with Crippen molar-refractivity contribution in [2.24, 2.45) is 4.99 Å². The SMILES string of the molecule is CCc1cccc(C(C)(C)C)c1NC(=S)N=Cc1c(O)c2ccccc2[nH]c1=O. The highest BCUT2D eigenvalue weighted by atomic mass is 32.1. The van der Waals surface area contributed by atoms with Gasteiger partial charge in [-0.3, -0.25) is 4.79 Å². The molecular weight excluding hydrogens is 382 g/mol. The van der Waals surface area contributed by atoms with Crippen LogP contribution in [0.3, 0.4) is 0 Å².